The highest BCUT2D eigenvalue weighted by Crippen LogP contribution is 2.28. The fourth-order valence-electron chi connectivity index (χ4n) is 2.15. The maximum absolute atomic E-state index is 12.7. The third-order valence-electron chi connectivity index (χ3n) is 3.58. The van der Waals surface area contributed by atoms with E-state index in [-0.39, 0.29) is 28.6 Å². The molecule has 134 valence electrons. The summed E-state index contributed by atoms with van der Waals surface area (Å²) in [4.78, 5) is 15.7. The Labute approximate surface area is 147 Å². The number of methoxy groups -OCH3 is 1. The summed E-state index contributed by atoms with van der Waals surface area (Å²) in [5, 5.41) is 0. The lowest BCUT2D eigenvalue weighted by Crippen LogP contribution is -2.16. The molecule has 0 radical (unpaired) electrons. The van der Waals surface area contributed by atoms with Gasteiger partial charge in [-0.05, 0) is 56.2 Å². The van der Waals surface area contributed by atoms with Crippen LogP contribution in [0.3, 0.4) is 0 Å². The minimum atomic E-state index is -3.94. The number of esters is 1. The summed E-state index contributed by atoms with van der Waals surface area (Å²) in [6.45, 7) is 5.59. The van der Waals surface area contributed by atoms with E-state index in [9.17, 15) is 13.2 Å². The predicted octanol–water partition coefficient (Wildman–Crippen LogP) is 2.68. The number of pyridine rings is 1. The van der Waals surface area contributed by atoms with Crippen LogP contribution in [-0.4, -0.2) is 33.1 Å². The molecule has 0 fully saturated rings. The monoisotopic (exact) mass is 364 g/mol. The number of rotatable bonds is 6. The average molecular weight is 364 g/mol. The maximum Gasteiger partial charge on any atom is 0.338 e. The second-order valence-corrected chi connectivity index (χ2v) is 6.99. The number of carbonyl (C=O) groups excluding carboxylic acids is 1. The van der Waals surface area contributed by atoms with Crippen molar-refractivity contribution in [2.75, 3.05) is 18.4 Å². The number of ether oxygens (including phenoxy) is 2. The van der Waals surface area contributed by atoms with Crippen molar-refractivity contribution < 1.29 is 22.7 Å². The van der Waals surface area contributed by atoms with E-state index in [1.54, 1.807) is 13.0 Å². The van der Waals surface area contributed by atoms with Gasteiger partial charge in [0.2, 0.25) is 0 Å². The van der Waals surface area contributed by atoms with Gasteiger partial charge in [0.15, 0.2) is 0 Å². The van der Waals surface area contributed by atoms with Gasteiger partial charge in [0.25, 0.3) is 10.0 Å². The van der Waals surface area contributed by atoms with Gasteiger partial charge in [-0.1, -0.05) is 0 Å². The standard InChI is InChI=1S/C17H20N2O5S/c1-5-24-17(20)13-6-7-18-16(10-13)19-25(21,22)15-9-12(3)11(2)8-14(15)23-4/h6-10H,5H2,1-4H3,(H,18,19). The quantitative estimate of drug-likeness (QED) is 0.792. The molecule has 0 aliphatic heterocycles. The van der Waals surface area contributed by atoms with E-state index in [4.69, 9.17) is 9.47 Å². The molecule has 0 aliphatic rings. The lowest BCUT2D eigenvalue weighted by molar-refractivity contribution is 0.0526. The van der Waals surface area contributed by atoms with E-state index in [1.807, 2.05) is 13.8 Å². The van der Waals surface area contributed by atoms with Crippen LogP contribution in [0.1, 0.15) is 28.4 Å². The Morgan fingerprint density at radius 2 is 1.88 bits per heavy atom. The lowest BCUT2D eigenvalue weighted by Gasteiger charge is -2.13. The van der Waals surface area contributed by atoms with E-state index in [0.29, 0.717) is 0 Å². The van der Waals surface area contributed by atoms with E-state index in [1.165, 1.54) is 31.5 Å². The van der Waals surface area contributed by atoms with Crippen LogP contribution in [-0.2, 0) is 14.8 Å². The van der Waals surface area contributed by atoms with Crippen LogP contribution in [0.5, 0.6) is 5.75 Å². The van der Waals surface area contributed by atoms with Gasteiger partial charge in [-0.2, -0.15) is 0 Å². The normalized spacial score (nSPS) is 11.0. The van der Waals surface area contributed by atoms with Crippen LogP contribution in [0.25, 0.3) is 0 Å². The molecule has 0 aliphatic carbocycles. The summed E-state index contributed by atoms with van der Waals surface area (Å²) in [6.07, 6.45) is 1.34. The number of carbonyl (C=O) groups is 1. The minimum absolute atomic E-state index is 0.00133. The number of hydrogen-bond donors (Lipinski definition) is 1. The maximum atomic E-state index is 12.7. The molecule has 25 heavy (non-hydrogen) atoms. The summed E-state index contributed by atoms with van der Waals surface area (Å²) in [5.74, 6) is -0.294. The second kappa shape index (κ2) is 7.52. The molecule has 0 amide bonds. The van der Waals surface area contributed by atoms with Crippen LogP contribution in [0.4, 0.5) is 5.82 Å². The molecule has 2 aromatic rings. The predicted molar refractivity (Wildman–Crippen MR) is 93.5 cm³/mol. The van der Waals surface area contributed by atoms with Crippen molar-refractivity contribution in [1.82, 2.24) is 4.98 Å². The number of anilines is 1. The van der Waals surface area contributed by atoms with Crippen LogP contribution in [0.2, 0.25) is 0 Å². The minimum Gasteiger partial charge on any atom is -0.495 e. The zero-order valence-corrected chi connectivity index (χ0v) is 15.3. The Hall–Kier alpha value is -2.61. The molecular formula is C17H20N2O5S. The highest BCUT2D eigenvalue weighted by Gasteiger charge is 2.22. The fraction of sp³-hybridized carbons (Fsp3) is 0.294. The third-order valence-corrected chi connectivity index (χ3v) is 4.96. The first-order valence-electron chi connectivity index (χ1n) is 7.59. The van der Waals surface area contributed by atoms with Crippen molar-refractivity contribution in [3.8, 4) is 5.75 Å². The van der Waals surface area contributed by atoms with Crippen molar-refractivity contribution in [1.29, 1.82) is 0 Å². The molecule has 0 atom stereocenters. The van der Waals surface area contributed by atoms with Crippen LogP contribution < -0.4 is 9.46 Å². The highest BCUT2D eigenvalue weighted by molar-refractivity contribution is 7.92. The Balaban J connectivity index is 2.38. The third kappa shape index (κ3) is 4.27. The summed E-state index contributed by atoms with van der Waals surface area (Å²) in [5.41, 5.74) is 1.94. The fourth-order valence-corrected chi connectivity index (χ4v) is 3.39. The van der Waals surface area contributed by atoms with Gasteiger partial charge in [-0.15, -0.1) is 0 Å². The van der Waals surface area contributed by atoms with E-state index in [2.05, 4.69) is 9.71 Å². The number of nitrogens with one attached hydrogen (secondary N) is 1. The van der Waals surface area contributed by atoms with Gasteiger partial charge in [0.05, 0.1) is 19.3 Å². The molecule has 0 bridgehead atoms. The van der Waals surface area contributed by atoms with Crippen molar-refractivity contribution in [3.05, 3.63) is 47.2 Å². The molecule has 1 N–H and O–H groups in total. The lowest BCUT2D eigenvalue weighted by atomic mass is 10.1. The number of aromatic nitrogens is 1. The van der Waals surface area contributed by atoms with Crippen LogP contribution in [0.15, 0.2) is 35.4 Å². The number of benzene rings is 1. The molecule has 2 rings (SSSR count). The SMILES string of the molecule is CCOC(=O)c1ccnc(NS(=O)(=O)c2cc(C)c(C)cc2OC)c1. The van der Waals surface area contributed by atoms with Crippen LogP contribution >= 0.6 is 0 Å². The van der Waals surface area contributed by atoms with E-state index in [0.717, 1.165) is 11.1 Å². The van der Waals surface area contributed by atoms with Gasteiger partial charge in [0, 0.05) is 6.20 Å². The van der Waals surface area contributed by atoms with E-state index < -0.39 is 16.0 Å². The van der Waals surface area contributed by atoms with Gasteiger partial charge in [0.1, 0.15) is 16.5 Å². The van der Waals surface area contributed by atoms with Crippen molar-refractivity contribution in [3.63, 3.8) is 0 Å². The molecule has 0 spiro atoms. The van der Waals surface area contributed by atoms with Gasteiger partial charge < -0.3 is 9.47 Å². The summed E-state index contributed by atoms with van der Waals surface area (Å²) < 4.78 is 37.9. The van der Waals surface area contributed by atoms with Gasteiger partial charge in [-0.25, -0.2) is 18.2 Å². The first-order valence-corrected chi connectivity index (χ1v) is 9.08. The van der Waals surface area contributed by atoms with E-state index >= 15 is 0 Å². The molecule has 8 heteroatoms. The molecule has 0 saturated heterocycles. The molecule has 1 heterocycles. The molecular weight excluding hydrogens is 344 g/mol. The topological polar surface area (TPSA) is 94.6 Å². The van der Waals surface area contributed by atoms with Gasteiger partial charge >= 0.3 is 5.97 Å². The molecule has 7 nitrogen and oxygen atoms in total. The summed E-state index contributed by atoms with van der Waals surface area (Å²) in [7, 11) is -2.53. The first-order chi connectivity index (χ1) is 11.8. The van der Waals surface area contributed by atoms with Gasteiger partial charge in [-0.3, -0.25) is 4.72 Å². The highest BCUT2D eigenvalue weighted by atomic mass is 32.2. The first kappa shape index (κ1) is 18.7. The number of nitrogens with zero attached hydrogens (tertiary/aromatic N) is 1. The van der Waals surface area contributed by atoms with Crippen molar-refractivity contribution >= 4 is 21.8 Å². The number of hydrogen-bond acceptors (Lipinski definition) is 6. The summed E-state index contributed by atoms with van der Waals surface area (Å²) in [6, 6.07) is 5.97. The molecule has 1 aromatic carbocycles. The second-order valence-electron chi connectivity index (χ2n) is 5.34. The number of sulfonamides is 1. The Morgan fingerprint density at radius 3 is 2.52 bits per heavy atom. The molecule has 1 aromatic heterocycles. The molecule has 0 unspecified atom stereocenters. The smallest absolute Gasteiger partial charge is 0.338 e. The zero-order chi connectivity index (χ0) is 18.6. The van der Waals surface area contributed by atoms with Crippen molar-refractivity contribution in [2.24, 2.45) is 0 Å². The largest absolute Gasteiger partial charge is 0.495 e. The zero-order valence-electron chi connectivity index (χ0n) is 14.5. The Kier molecular flexibility index (Phi) is 5.63. The Bertz CT molecular complexity index is 894. The summed E-state index contributed by atoms with van der Waals surface area (Å²) >= 11 is 0. The number of aryl methyl sites for hydroxylation is 2. The average Bonchev–Trinajstić information content (AvgIpc) is 2.57. The molecule has 0 saturated carbocycles. The van der Waals surface area contributed by atoms with Crippen LogP contribution in [0, 0.1) is 13.8 Å². The van der Waals surface area contributed by atoms with Crippen molar-refractivity contribution in [2.45, 2.75) is 25.7 Å². The Morgan fingerprint density at radius 1 is 1.20 bits per heavy atom.